The highest BCUT2D eigenvalue weighted by Crippen LogP contribution is 2.24. The fourth-order valence-electron chi connectivity index (χ4n) is 1.49. The molecular weight excluding hydrogens is 162 g/mol. The van der Waals surface area contributed by atoms with Gasteiger partial charge in [-0.25, -0.2) is 0 Å². The standard InChI is InChI=1S/C8H14ClNO/c1-6(2)7-3-4-10(5-7)8(9)11/h6-7H,3-5H2,1-2H3. The molecule has 64 valence electrons. The zero-order valence-corrected chi connectivity index (χ0v) is 7.77. The van der Waals surface area contributed by atoms with Gasteiger partial charge in [0.25, 0.3) is 0 Å². The highest BCUT2D eigenvalue weighted by atomic mass is 35.5. The van der Waals surface area contributed by atoms with E-state index in [-0.39, 0.29) is 5.37 Å². The number of nitrogens with zero attached hydrogens (tertiary/aromatic N) is 1. The van der Waals surface area contributed by atoms with Crippen molar-refractivity contribution in [3.05, 3.63) is 0 Å². The molecular formula is C8H14ClNO. The molecule has 1 aliphatic rings. The van der Waals surface area contributed by atoms with Crippen LogP contribution in [0.5, 0.6) is 0 Å². The van der Waals surface area contributed by atoms with Crippen LogP contribution in [0.4, 0.5) is 4.79 Å². The third-order valence-corrected chi connectivity index (χ3v) is 2.66. The zero-order valence-electron chi connectivity index (χ0n) is 7.01. The molecule has 2 nitrogen and oxygen atoms in total. The first-order chi connectivity index (χ1) is 5.11. The molecule has 0 spiro atoms. The Labute approximate surface area is 72.5 Å². The van der Waals surface area contributed by atoms with Gasteiger partial charge in [-0.2, -0.15) is 0 Å². The molecule has 1 atom stereocenters. The quantitative estimate of drug-likeness (QED) is 0.443. The summed E-state index contributed by atoms with van der Waals surface area (Å²) in [6.45, 7) is 6.06. The van der Waals surface area contributed by atoms with Crippen LogP contribution in [0.25, 0.3) is 0 Å². The van der Waals surface area contributed by atoms with Crippen molar-refractivity contribution in [3.8, 4) is 0 Å². The maximum absolute atomic E-state index is 10.7. The molecule has 0 aliphatic carbocycles. The van der Waals surface area contributed by atoms with E-state index in [4.69, 9.17) is 11.6 Å². The molecule has 0 bridgehead atoms. The Morgan fingerprint density at radius 2 is 2.27 bits per heavy atom. The summed E-state index contributed by atoms with van der Waals surface area (Å²) in [4.78, 5) is 12.4. The lowest BCUT2D eigenvalue weighted by atomic mass is 9.95. The molecule has 1 aliphatic heterocycles. The Bertz CT molecular complexity index is 158. The molecule has 1 saturated heterocycles. The van der Waals surface area contributed by atoms with E-state index >= 15 is 0 Å². The maximum Gasteiger partial charge on any atom is 0.316 e. The molecule has 1 heterocycles. The van der Waals surface area contributed by atoms with Gasteiger partial charge in [-0.05, 0) is 29.9 Å². The number of likely N-dealkylation sites (tertiary alicyclic amines) is 1. The Kier molecular flexibility index (Phi) is 2.77. The summed E-state index contributed by atoms with van der Waals surface area (Å²) in [5.41, 5.74) is 0. The first kappa shape index (κ1) is 8.85. The van der Waals surface area contributed by atoms with Crippen molar-refractivity contribution in [3.63, 3.8) is 0 Å². The highest BCUT2D eigenvalue weighted by molar-refractivity contribution is 6.62. The van der Waals surface area contributed by atoms with Crippen molar-refractivity contribution >= 4 is 17.0 Å². The first-order valence-electron chi connectivity index (χ1n) is 4.05. The second-order valence-corrected chi connectivity index (χ2v) is 3.82. The van der Waals surface area contributed by atoms with E-state index in [2.05, 4.69) is 13.8 Å². The molecule has 0 saturated carbocycles. The van der Waals surface area contributed by atoms with Gasteiger partial charge >= 0.3 is 5.37 Å². The van der Waals surface area contributed by atoms with Crippen LogP contribution in [-0.4, -0.2) is 23.4 Å². The van der Waals surface area contributed by atoms with Crippen molar-refractivity contribution in [2.45, 2.75) is 20.3 Å². The summed E-state index contributed by atoms with van der Waals surface area (Å²) in [7, 11) is 0. The van der Waals surface area contributed by atoms with Crippen LogP contribution >= 0.6 is 11.6 Å². The van der Waals surface area contributed by atoms with E-state index in [1.165, 1.54) is 0 Å². The molecule has 1 unspecified atom stereocenters. The lowest BCUT2D eigenvalue weighted by Gasteiger charge is -2.14. The average Bonchev–Trinajstić information content (AvgIpc) is 2.33. The van der Waals surface area contributed by atoms with Crippen molar-refractivity contribution in [1.29, 1.82) is 0 Å². The summed E-state index contributed by atoms with van der Waals surface area (Å²) >= 11 is 5.34. The lowest BCUT2D eigenvalue weighted by molar-refractivity contribution is 0.229. The molecule has 11 heavy (non-hydrogen) atoms. The van der Waals surface area contributed by atoms with Gasteiger partial charge in [0.05, 0.1) is 0 Å². The van der Waals surface area contributed by atoms with Crippen LogP contribution in [0, 0.1) is 11.8 Å². The van der Waals surface area contributed by atoms with Gasteiger partial charge in [0.1, 0.15) is 0 Å². The third-order valence-electron chi connectivity index (χ3n) is 2.42. The number of carbonyl (C=O) groups excluding carboxylic acids is 1. The van der Waals surface area contributed by atoms with Gasteiger partial charge in [0.2, 0.25) is 0 Å². The Morgan fingerprint density at radius 1 is 1.64 bits per heavy atom. The number of rotatable bonds is 1. The predicted molar refractivity (Wildman–Crippen MR) is 45.8 cm³/mol. The van der Waals surface area contributed by atoms with E-state index in [9.17, 15) is 4.79 Å². The molecule has 1 amide bonds. The van der Waals surface area contributed by atoms with Crippen LogP contribution in [0.2, 0.25) is 0 Å². The van der Waals surface area contributed by atoms with E-state index in [1.54, 1.807) is 4.90 Å². The molecule has 1 rings (SSSR count). The predicted octanol–water partition coefficient (Wildman–Crippen LogP) is 2.32. The van der Waals surface area contributed by atoms with Crippen LogP contribution in [0.1, 0.15) is 20.3 Å². The third kappa shape index (κ3) is 2.09. The summed E-state index contributed by atoms with van der Waals surface area (Å²) in [5.74, 6) is 1.31. The largest absolute Gasteiger partial charge is 0.329 e. The van der Waals surface area contributed by atoms with E-state index < -0.39 is 0 Å². The summed E-state index contributed by atoms with van der Waals surface area (Å²) < 4.78 is 0. The Morgan fingerprint density at radius 3 is 2.55 bits per heavy atom. The SMILES string of the molecule is CC(C)C1CCN(C(=O)Cl)C1. The molecule has 0 aromatic heterocycles. The van der Waals surface area contributed by atoms with Gasteiger partial charge in [0, 0.05) is 13.1 Å². The average molecular weight is 176 g/mol. The van der Waals surface area contributed by atoms with Crippen molar-refractivity contribution in [1.82, 2.24) is 4.90 Å². The van der Waals surface area contributed by atoms with Gasteiger partial charge in [0.15, 0.2) is 0 Å². The van der Waals surface area contributed by atoms with Crippen molar-refractivity contribution in [2.75, 3.05) is 13.1 Å². The summed E-state index contributed by atoms with van der Waals surface area (Å²) in [5, 5.41) is -0.298. The fraction of sp³-hybridized carbons (Fsp3) is 0.875. The molecule has 0 N–H and O–H groups in total. The van der Waals surface area contributed by atoms with Gasteiger partial charge in [-0.3, -0.25) is 4.79 Å². The van der Waals surface area contributed by atoms with Gasteiger partial charge < -0.3 is 4.90 Å². The smallest absolute Gasteiger partial charge is 0.316 e. The fourth-order valence-corrected chi connectivity index (χ4v) is 1.64. The summed E-state index contributed by atoms with van der Waals surface area (Å²) in [6, 6.07) is 0. The number of amides is 1. The lowest BCUT2D eigenvalue weighted by Crippen LogP contribution is -2.24. The molecule has 1 fully saturated rings. The van der Waals surface area contributed by atoms with Crippen LogP contribution < -0.4 is 0 Å². The number of halogens is 1. The molecule has 0 radical (unpaired) electrons. The monoisotopic (exact) mass is 175 g/mol. The van der Waals surface area contributed by atoms with Gasteiger partial charge in [-0.1, -0.05) is 13.8 Å². The minimum Gasteiger partial charge on any atom is -0.329 e. The number of hydrogen-bond acceptors (Lipinski definition) is 1. The number of carbonyl (C=O) groups is 1. The Balaban J connectivity index is 2.41. The molecule has 0 aromatic rings. The maximum atomic E-state index is 10.7. The summed E-state index contributed by atoms with van der Waals surface area (Å²) in [6.07, 6.45) is 1.11. The number of hydrogen-bond donors (Lipinski definition) is 0. The van der Waals surface area contributed by atoms with E-state index in [1.807, 2.05) is 0 Å². The van der Waals surface area contributed by atoms with Crippen molar-refractivity contribution in [2.24, 2.45) is 11.8 Å². The normalized spacial score (nSPS) is 24.7. The van der Waals surface area contributed by atoms with E-state index in [0.717, 1.165) is 19.5 Å². The minimum atomic E-state index is -0.298. The van der Waals surface area contributed by atoms with Gasteiger partial charge in [-0.15, -0.1) is 0 Å². The second kappa shape index (κ2) is 3.44. The van der Waals surface area contributed by atoms with E-state index in [0.29, 0.717) is 11.8 Å². The topological polar surface area (TPSA) is 20.3 Å². The van der Waals surface area contributed by atoms with Crippen LogP contribution in [0.3, 0.4) is 0 Å². The molecule has 0 aromatic carbocycles. The first-order valence-corrected chi connectivity index (χ1v) is 4.43. The Hall–Kier alpha value is -0.240. The second-order valence-electron chi connectivity index (χ2n) is 3.49. The van der Waals surface area contributed by atoms with Crippen molar-refractivity contribution < 1.29 is 4.79 Å². The van der Waals surface area contributed by atoms with Crippen LogP contribution in [0.15, 0.2) is 0 Å². The highest BCUT2D eigenvalue weighted by Gasteiger charge is 2.26. The zero-order chi connectivity index (χ0) is 8.43. The van der Waals surface area contributed by atoms with Crippen LogP contribution in [-0.2, 0) is 0 Å². The minimum absolute atomic E-state index is 0.298. The molecule has 3 heteroatoms.